The first-order valence-corrected chi connectivity index (χ1v) is 11.8. The van der Waals surface area contributed by atoms with Gasteiger partial charge in [-0.05, 0) is 48.0 Å². The number of hydrogen-bond acceptors (Lipinski definition) is 7. The molecule has 0 aliphatic carbocycles. The summed E-state index contributed by atoms with van der Waals surface area (Å²) in [6, 6.07) is 15.1. The van der Waals surface area contributed by atoms with Gasteiger partial charge in [-0.3, -0.25) is 4.79 Å². The number of rotatable bonds is 9. The fourth-order valence-electron chi connectivity index (χ4n) is 3.03. The van der Waals surface area contributed by atoms with E-state index in [0.717, 1.165) is 21.2 Å². The van der Waals surface area contributed by atoms with Gasteiger partial charge in [-0.15, -0.1) is 11.3 Å². The maximum Gasteiger partial charge on any atom is 0.287 e. The third-order valence-electron chi connectivity index (χ3n) is 4.75. The predicted octanol–water partition coefficient (Wildman–Crippen LogP) is 5.78. The van der Waals surface area contributed by atoms with E-state index in [2.05, 4.69) is 10.3 Å². The molecule has 2 aromatic heterocycles. The molecule has 1 amide bonds. The van der Waals surface area contributed by atoms with Crippen molar-refractivity contribution in [1.29, 1.82) is 0 Å². The Morgan fingerprint density at radius 1 is 1.09 bits per heavy atom. The first-order valence-electron chi connectivity index (χ1n) is 9.98. The van der Waals surface area contributed by atoms with Crippen LogP contribution in [0.5, 0.6) is 11.5 Å². The van der Waals surface area contributed by atoms with Crippen molar-refractivity contribution in [2.45, 2.75) is 16.6 Å². The number of thioether (sulfide) groups is 1. The second kappa shape index (κ2) is 10.5. The summed E-state index contributed by atoms with van der Waals surface area (Å²) in [5.74, 6) is 2.14. The van der Waals surface area contributed by atoms with Crippen LogP contribution in [0.2, 0.25) is 0 Å². The predicted molar refractivity (Wildman–Crippen MR) is 126 cm³/mol. The zero-order valence-corrected chi connectivity index (χ0v) is 19.6. The van der Waals surface area contributed by atoms with Crippen LogP contribution < -0.4 is 14.8 Å². The molecule has 9 heteroatoms. The SMILES string of the molecule is COc1ccc(-c2csc(SCc3ccc(C(=O)NCc4ccc(F)cc4)o3)n2)cc1OC. The van der Waals surface area contributed by atoms with Gasteiger partial charge in [0, 0.05) is 17.5 Å². The Kier molecular flexibility index (Phi) is 7.31. The first-order chi connectivity index (χ1) is 16.1. The number of carbonyl (C=O) groups is 1. The molecule has 0 saturated heterocycles. The number of nitrogens with one attached hydrogen (secondary N) is 1. The van der Waals surface area contributed by atoms with Crippen LogP contribution in [-0.2, 0) is 12.3 Å². The van der Waals surface area contributed by atoms with E-state index in [-0.39, 0.29) is 17.5 Å². The van der Waals surface area contributed by atoms with Crippen molar-refractivity contribution >= 4 is 29.0 Å². The summed E-state index contributed by atoms with van der Waals surface area (Å²) in [7, 11) is 3.20. The van der Waals surface area contributed by atoms with Crippen molar-refractivity contribution in [1.82, 2.24) is 10.3 Å². The largest absolute Gasteiger partial charge is 0.493 e. The molecule has 6 nitrogen and oxygen atoms in total. The van der Waals surface area contributed by atoms with Crippen molar-refractivity contribution in [3.8, 4) is 22.8 Å². The number of furan rings is 1. The number of hydrogen-bond donors (Lipinski definition) is 1. The Hall–Kier alpha value is -3.30. The van der Waals surface area contributed by atoms with E-state index in [1.165, 1.54) is 35.2 Å². The minimum atomic E-state index is -0.319. The molecule has 0 aliphatic heterocycles. The van der Waals surface area contributed by atoms with E-state index in [0.29, 0.717) is 29.6 Å². The minimum absolute atomic E-state index is 0.234. The Morgan fingerprint density at radius 2 is 1.88 bits per heavy atom. The number of halogens is 1. The lowest BCUT2D eigenvalue weighted by atomic mass is 10.1. The molecule has 1 N–H and O–H groups in total. The van der Waals surface area contributed by atoms with Gasteiger partial charge in [0.1, 0.15) is 11.6 Å². The van der Waals surface area contributed by atoms with Crippen LogP contribution >= 0.6 is 23.1 Å². The van der Waals surface area contributed by atoms with Gasteiger partial charge in [-0.1, -0.05) is 23.9 Å². The number of ether oxygens (including phenoxy) is 2. The van der Waals surface area contributed by atoms with Gasteiger partial charge in [0.25, 0.3) is 5.91 Å². The summed E-state index contributed by atoms with van der Waals surface area (Å²) >= 11 is 3.07. The van der Waals surface area contributed by atoms with Crippen LogP contribution in [0.4, 0.5) is 4.39 Å². The molecular formula is C24H21FN2O4S2. The molecule has 2 heterocycles. The van der Waals surface area contributed by atoms with Crippen LogP contribution in [0.1, 0.15) is 21.9 Å². The third-order valence-corrected chi connectivity index (χ3v) is 6.80. The number of methoxy groups -OCH3 is 2. The third kappa shape index (κ3) is 5.74. The molecule has 0 unspecified atom stereocenters. The molecule has 0 fully saturated rings. The van der Waals surface area contributed by atoms with E-state index in [9.17, 15) is 9.18 Å². The molecule has 0 spiro atoms. The first kappa shape index (κ1) is 22.9. The Balaban J connectivity index is 1.33. The summed E-state index contributed by atoms with van der Waals surface area (Å²) in [4.78, 5) is 17.0. The molecule has 0 aliphatic rings. The van der Waals surface area contributed by atoms with E-state index < -0.39 is 0 Å². The van der Waals surface area contributed by atoms with Gasteiger partial charge < -0.3 is 19.2 Å². The number of nitrogens with zero attached hydrogens (tertiary/aromatic N) is 1. The number of thiazole rings is 1. The van der Waals surface area contributed by atoms with Crippen molar-refractivity contribution in [2.75, 3.05) is 14.2 Å². The zero-order chi connectivity index (χ0) is 23.2. The Labute approximate surface area is 198 Å². The maximum absolute atomic E-state index is 13.0. The molecule has 0 saturated carbocycles. The van der Waals surface area contributed by atoms with Gasteiger partial charge >= 0.3 is 0 Å². The summed E-state index contributed by atoms with van der Waals surface area (Å²) in [5.41, 5.74) is 2.60. The van der Waals surface area contributed by atoms with Crippen molar-refractivity contribution in [3.63, 3.8) is 0 Å². The Morgan fingerprint density at radius 3 is 2.64 bits per heavy atom. The average Bonchev–Trinajstić information content (AvgIpc) is 3.51. The van der Waals surface area contributed by atoms with Crippen molar-refractivity contribution in [3.05, 3.63) is 82.9 Å². The average molecular weight is 485 g/mol. The maximum atomic E-state index is 13.0. The van der Waals surface area contributed by atoms with E-state index in [1.54, 1.807) is 38.5 Å². The number of aromatic nitrogens is 1. The van der Waals surface area contributed by atoms with Crippen LogP contribution in [-0.4, -0.2) is 25.1 Å². The van der Waals surface area contributed by atoms with Gasteiger partial charge in [-0.2, -0.15) is 0 Å². The van der Waals surface area contributed by atoms with Crippen molar-refractivity contribution < 1.29 is 23.1 Å². The van der Waals surface area contributed by atoms with Crippen LogP contribution in [0.25, 0.3) is 11.3 Å². The smallest absolute Gasteiger partial charge is 0.287 e. The van der Waals surface area contributed by atoms with Gasteiger partial charge in [0.2, 0.25) is 0 Å². The van der Waals surface area contributed by atoms with E-state index in [4.69, 9.17) is 13.9 Å². The van der Waals surface area contributed by atoms with Crippen LogP contribution in [0.15, 0.2) is 68.7 Å². The van der Waals surface area contributed by atoms with Gasteiger partial charge in [0.15, 0.2) is 21.6 Å². The molecule has 0 atom stereocenters. The molecule has 33 heavy (non-hydrogen) atoms. The molecule has 4 rings (SSSR count). The quantitative estimate of drug-likeness (QED) is 0.304. The fourth-order valence-corrected chi connectivity index (χ4v) is 4.76. The summed E-state index contributed by atoms with van der Waals surface area (Å²) < 4.78 is 30.2. The monoisotopic (exact) mass is 484 g/mol. The summed E-state index contributed by atoms with van der Waals surface area (Å²) in [5, 5.41) is 4.76. The number of benzene rings is 2. The molecule has 0 bridgehead atoms. The van der Waals surface area contributed by atoms with E-state index in [1.807, 2.05) is 23.6 Å². The highest BCUT2D eigenvalue weighted by Crippen LogP contribution is 2.35. The summed E-state index contributed by atoms with van der Waals surface area (Å²) in [6.45, 7) is 0.294. The lowest BCUT2D eigenvalue weighted by Gasteiger charge is -2.08. The molecule has 170 valence electrons. The lowest BCUT2D eigenvalue weighted by molar-refractivity contribution is 0.0921. The Bertz CT molecular complexity index is 1240. The highest BCUT2D eigenvalue weighted by Gasteiger charge is 2.13. The second-order valence-electron chi connectivity index (χ2n) is 6.93. The molecule has 2 aromatic carbocycles. The number of amides is 1. The highest BCUT2D eigenvalue weighted by atomic mass is 32.2. The second-order valence-corrected chi connectivity index (χ2v) is 9.01. The minimum Gasteiger partial charge on any atom is -0.493 e. The molecule has 0 radical (unpaired) electrons. The normalized spacial score (nSPS) is 10.8. The zero-order valence-electron chi connectivity index (χ0n) is 18.0. The van der Waals surface area contributed by atoms with Crippen molar-refractivity contribution in [2.24, 2.45) is 0 Å². The van der Waals surface area contributed by atoms with Crippen LogP contribution in [0, 0.1) is 5.82 Å². The van der Waals surface area contributed by atoms with E-state index >= 15 is 0 Å². The standard InChI is InChI=1S/C24H21FN2O4S2/c1-29-20-9-5-16(11-22(20)30-2)19-14-33-24(27-19)32-13-18-8-10-21(31-18)23(28)26-12-15-3-6-17(25)7-4-15/h3-11,14H,12-13H2,1-2H3,(H,26,28). The summed E-state index contributed by atoms with van der Waals surface area (Å²) in [6.07, 6.45) is 0. The molecule has 4 aromatic rings. The fraction of sp³-hybridized carbons (Fsp3) is 0.167. The molecular weight excluding hydrogens is 463 g/mol. The van der Waals surface area contributed by atoms with Crippen LogP contribution in [0.3, 0.4) is 0 Å². The van der Waals surface area contributed by atoms with Gasteiger partial charge in [0.05, 0.1) is 25.7 Å². The number of carbonyl (C=O) groups excluding carboxylic acids is 1. The highest BCUT2D eigenvalue weighted by molar-refractivity contribution is 8.00. The van der Waals surface area contributed by atoms with Gasteiger partial charge in [-0.25, -0.2) is 9.37 Å². The lowest BCUT2D eigenvalue weighted by Crippen LogP contribution is -2.22. The topological polar surface area (TPSA) is 73.6 Å².